The average Bonchev–Trinajstić information content (AvgIpc) is 2.33. The van der Waals surface area contributed by atoms with Crippen LogP contribution in [0.1, 0.15) is 65.2 Å². The van der Waals surface area contributed by atoms with E-state index in [1.54, 1.807) is 0 Å². The van der Waals surface area contributed by atoms with Gasteiger partial charge in [-0.3, -0.25) is 0 Å². The number of unbranched alkanes of at least 4 members (excludes halogenated alkanes) is 7. The Morgan fingerprint density at radius 3 is 1.19 bits per heavy atom. The van der Waals surface area contributed by atoms with E-state index in [2.05, 4.69) is 13.8 Å². The molecule has 3 heteroatoms. The van der Waals surface area contributed by atoms with Crippen molar-refractivity contribution >= 4 is 0 Å². The topological polar surface area (TPSA) is 60.7 Å². The molecule has 3 nitrogen and oxygen atoms in total. The molecule has 0 fully saturated rings. The summed E-state index contributed by atoms with van der Waals surface area (Å²) in [5, 5.41) is 24.0. The Bertz CT molecular complexity index is 95.4. The van der Waals surface area contributed by atoms with Gasteiger partial charge in [0.25, 0.3) is 0 Å². The Morgan fingerprint density at radius 2 is 1.00 bits per heavy atom. The molecule has 0 aliphatic rings. The molecule has 3 N–H and O–H groups in total. The number of hydrogen-bond donors (Lipinski definition) is 3. The summed E-state index contributed by atoms with van der Waals surface area (Å²) in [5.41, 5.74) is 0. The van der Waals surface area contributed by atoms with Crippen LogP contribution in [0, 0.1) is 0 Å². The molecule has 0 aromatic carbocycles. The highest BCUT2D eigenvalue weighted by molar-refractivity contribution is 4.44. The smallest absolute Gasteiger partial charge is 0.100 e. The molecule has 0 spiro atoms. The average molecular weight is 234 g/mol. The Morgan fingerprint density at radius 1 is 0.688 bits per heavy atom. The van der Waals surface area contributed by atoms with Crippen LogP contribution in [-0.4, -0.2) is 34.6 Å². The van der Waals surface area contributed by atoms with Gasteiger partial charge in [0.05, 0.1) is 13.2 Å². The first-order chi connectivity index (χ1) is 7.72. The van der Waals surface area contributed by atoms with Crippen molar-refractivity contribution in [2.75, 3.05) is 13.2 Å². The minimum Gasteiger partial charge on any atom is -0.394 e. The first kappa shape index (κ1) is 18.3. The van der Waals surface area contributed by atoms with Gasteiger partial charge < -0.3 is 15.3 Å². The van der Waals surface area contributed by atoms with Crippen molar-refractivity contribution in [3.05, 3.63) is 0 Å². The van der Waals surface area contributed by atoms with Crippen molar-refractivity contribution in [2.24, 2.45) is 0 Å². The summed E-state index contributed by atoms with van der Waals surface area (Å²) in [7, 11) is 0. The molecule has 0 aliphatic carbocycles. The fourth-order valence-corrected chi connectivity index (χ4v) is 1.26. The number of hydrogen-bond acceptors (Lipinski definition) is 3. The van der Waals surface area contributed by atoms with E-state index in [4.69, 9.17) is 15.3 Å². The summed E-state index contributed by atoms with van der Waals surface area (Å²) in [5.74, 6) is 0. The van der Waals surface area contributed by atoms with E-state index < -0.39 is 6.10 Å². The lowest BCUT2D eigenvalue weighted by molar-refractivity contribution is 0.0450. The summed E-state index contributed by atoms with van der Waals surface area (Å²) in [6.07, 6.45) is 10.5. The van der Waals surface area contributed by atoms with Gasteiger partial charge in [-0.1, -0.05) is 65.2 Å². The number of rotatable bonds is 9. The summed E-state index contributed by atoms with van der Waals surface area (Å²) < 4.78 is 0. The van der Waals surface area contributed by atoms with Crippen LogP contribution < -0.4 is 0 Å². The van der Waals surface area contributed by atoms with Crippen molar-refractivity contribution < 1.29 is 15.3 Å². The molecular formula is C13H30O3. The van der Waals surface area contributed by atoms with Crippen LogP contribution in [0.2, 0.25) is 0 Å². The number of aliphatic hydroxyl groups is 3. The lowest BCUT2D eigenvalue weighted by atomic mass is 10.1. The molecule has 100 valence electrons. The van der Waals surface area contributed by atoms with Crippen molar-refractivity contribution in [3.8, 4) is 0 Å². The van der Waals surface area contributed by atoms with Crippen LogP contribution in [0.25, 0.3) is 0 Å². The highest BCUT2D eigenvalue weighted by Gasteiger charge is 1.93. The van der Waals surface area contributed by atoms with E-state index in [0.717, 1.165) is 0 Å². The van der Waals surface area contributed by atoms with Gasteiger partial charge in [-0.2, -0.15) is 0 Å². The normalized spacial score (nSPS) is 10.1. The molecule has 0 atom stereocenters. The minimum absolute atomic E-state index is 0.365. The van der Waals surface area contributed by atoms with Gasteiger partial charge in [0.2, 0.25) is 0 Å². The zero-order chi connectivity index (χ0) is 12.6. The standard InChI is InChI=1S/C10H22.C3H8O3/c1-3-5-7-9-10-8-6-4-2;4-1-3(6)2-5/h3-10H2,1-2H3;3-6H,1-2H2. The Labute approximate surface area is 101 Å². The largest absolute Gasteiger partial charge is 0.394 e. The van der Waals surface area contributed by atoms with Crippen LogP contribution in [0.15, 0.2) is 0 Å². The zero-order valence-corrected chi connectivity index (χ0v) is 11.0. The molecular weight excluding hydrogens is 204 g/mol. The van der Waals surface area contributed by atoms with Crippen molar-refractivity contribution in [1.29, 1.82) is 0 Å². The summed E-state index contributed by atoms with van der Waals surface area (Å²) >= 11 is 0. The second-order valence-corrected chi connectivity index (χ2v) is 4.14. The van der Waals surface area contributed by atoms with Gasteiger partial charge in [0.1, 0.15) is 6.10 Å². The third-order valence-corrected chi connectivity index (χ3v) is 2.38. The van der Waals surface area contributed by atoms with Gasteiger partial charge in [0, 0.05) is 0 Å². The second kappa shape index (κ2) is 17.3. The molecule has 16 heavy (non-hydrogen) atoms. The van der Waals surface area contributed by atoms with Crippen LogP contribution in [0.4, 0.5) is 0 Å². The zero-order valence-electron chi connectivity index (χ0n) is 11.0. The molecule has 0 heterocycles. The highest BCUT2D eigenvalue weighted by Crippen LogP contribution is 2.07. The van der Waals surface area contributed by atoms with E-state index in [1.807, 2.05) is 0 Å². The highest BCUT2D eigenvalue weighted by atomic mass is 16.3. The van der Waals surface area contributed by atoms with Gasteiger partial charge in [0.15, 0.2) is 0 Å². The van der Waals surface area contributed by atoms with Gasteiger partial charge in [-0.05, 0) is 0 Å². The maximum Gasteiger partial charge on any atom is 0.100 e. The maximum atomic E-state index is 8.17. The molecule has 0 aliphatic heterocycles. The molecule has 0 bridgehead atoms. The van der Waals surface area contributed by atoms with E-state index in [-0.39, 0.29) is 13.2 Å². The predicted octanol–water partition coefficient (Wildman–Crippen LogP) is 2.48. The van der Waals surface area contributed by atoms with Crippen molar-refractivity contribution in [1.82, 2.24) is 0 Å². The first-order valence-electron chi connectivity index (χ1n) is 6.62. The Balaban J connectivity index is 0. The van der Waals surface area contributed by atoms with E-state index >= 15 is 0 Å². The van der Waals surface area contributed by atoms with Crippen LogP contribution in [-0.2, 0) is 0 Å². The Hall–Kier alpha value is -0.120. The Kier molecular flexibility index (Phi) is 19.7. The van der Waals surface area contributed by atoms with Crippen LogP contribution in [0.5, 0.6) is 0 Å². The minimum atomic E-state index is -0.954. The van der Waals surface area contributed by atoms with Gasteiger partial charge in [-0.25, -0.2) is 0 Å². The SMILES string of the molecule is CCCCCCCCCC.OCC(O)CO. The number of aliphatic hydroxyl groups excluding tert-OH is 3. The lowest BCUT2D eigenvalue weighted by Crippen LogP contribution is -2.15. The quantitative estimate of drug-likeness (QED) is 0.537. The molecule has 0 saturated heterocycles. The molecule has 0 aromatic heterocycles. The predicted molar refractivity (Wildman–Crippen MR) is 68.5 cm³/mol. The third-order valence-electron chi connectivity index (χ3n) is 2.38. The molecule has 0 rings (SSSR count). The lowest BCUT2D eigenvalue weighted by Gasteiger charge is -1.97. The molecule has 0 amide bonds. The summed E-state index contributed by atoms with van der Waals surface area (Å²) in [6, 6.07) is 0. The van der Waals surface area contributed by atoms with Gasteiger partial charge in [-0.15, -0.1) is 0 Å². The first-order valence-corrected chi connectivity index (χ1v) is 6.62. The van der Waals surface area contributed by atoms with Crippen molar-refractivity contribution in [3.63, 3.8) is 0 Å². The molecule has 0 radical (unpaired) electrons. The monoisotopic (exact) mass is 234 g/mol. The van der Waals surface area contributed by atoms with Crippen LogP contribution >= 0.6 is 0 Å². The van der Waals surface area contributed by atoms with E-state index in [1.165, 1.54) is 51.4 Å². The summed E-state index contributed by atoms with van der Waals surface area (Å²) in [4.78, 5) is 0. The fourth-order valence-electron chi connectivity index (χ4n) is 1.26. The second-order valence-electron chi connectivity index (χ2n) is 4.14. The summed E-state index contributed by atoms with van der Waals surface area (Å²) in [6.45, 7) is 3.81. The van der Waals surface area contributed by atoms with E-state index in [0.29, 0.717) is 0 Å². The maximum absolute atomic E-state index is 8.17. The molecule has 0 aromatic rings. The van der Waals surface area contributed by atoms with Crippen LogP contribution in [0.3, 0.4) is 0 Å². The third kappa shape index (κ3) is 19.5. The van der Waals surface area contributed by atoms with E-state index in [9.17, 15) is 0 Å². The van der Waals surface area contributed by atoms with Crippen molar-refractivity contribution in [2.45, 2.75) is 71.3 Å². The van der Waals surface area contributed by atoms with Gasteiger partial charge >= 0.3 is 0 Å². The fraction of sp³-hybridized carbons (Fsp3) is 1.00. The molecule has 0 saturated carbocycles. The molecule has 0 unspecified atom stereocenters.